The number of carboxylic acids is 1. The van der Waals surface area contributed by atoms with Crippen LogP contribution in [0.3, 0.4) is 0 Å². The van der Waals surface area contributed by atoms with Gasteiger partial charge in [0.15, 0.2) is 0 Å². The van der Waals surface area contributed by atoms with E-state index < -0.39 is 5.97 Å². The summed E-state index contributed by atoms with van der Waals surface area (Å²) in [6.45, 7) is 2.27. The van der Waals surface area contributed by atoms with Crippen molar-refractivity contribution in [1.29, 1.82) is 0 Å². The number of hydrogen-bond donors (Lipinski definition) is 1. The summed E-state index contributed by atoms with van der Waals surface area (Å²) in [5.41, 5.74) is 0. The topological polar surface area (TPSA) is 37.3 Å². The molecule has 1 N–H and O–H groups in total. The number of carbonyl (C=O) groups is 1. The molecule has 0 aromatic heterocycles. The molecule has 0 aromatic rings. The van der Waals surface area contributed by atoms with E-state index >= 15 is 0 Å². The molecule has 20 heavy (non-hydrogen) atoms. The van der Waals surface area contributed by atoms with Crippen LogP contribution in [0.5, 0.6) is 0 Å². The zero-order chi connectivity index (χ0) is 14.6. The molecule has 2 heteroatoms. The summed E-state index contributed by atoms with van der Waals surface area (Å²) in [5.74, 6) is 0.191. The molecule has 0 amide bonds. The molecule has 118 valence electrons. The number of carboxylic acid groups (broad SMARTS) is 1. The van der Waals surface area contributed by atoms with Crippen LogP contribution in [0, 0.1) is 11.8 Å². The van der Waals surface area contributed by atoms with Gasteiger partial charge in [0.25, 0.3) is 0 Å². The first-order valence-corrected chi connectivity index (χ1v) is 8.96. The van der Waals surface area contributed by atoms with Gasteiger partial charge in [-0.15, -0.1) is 0 Å². The van der Waals surface area contributed by atoms with Gasteiger partial charge in [-0.2, -0.15) is 0 Å². The van der Waals surface area contributed by atoms with Crippen LogP contribution in [0.2, 0.25) is 0 Å². The van der Waals surface area contributed by atoms with E-state index in [1.807, 2.05) is 0 Å². The summed E-state index contributed by atoms with van der Waals surface area (Å²) < 4.78 is 0. The number of unbranched alkanes of at least 4 members (excludes halogenated alkanes) is 8. The van der Waals surface area contributed by atoms with Crippen molar-refractivity contribution in [3.05, 3.63) is 0 Å². The SMILES string of the molecule is CCCCCCCCCCCC1CCC(C(=O)O)CC1. The lowest BCUT2D eigenvalue weighted by atomic mass is 9.80. The van der Waals surface area contributed by atoms with Gasteiger partial charge in [0.05, 0.1) is 5.92 Å². The average molecular weight is 282 g/mol. The van der Waals surface area contributed by atoms with Crippen LogP contribution < -0.4 is 0 Å². The summed E-state index contributed by atoms with van der Waals surface area (Å²) >= 11 is 0. The molecular weight excluding hydrogens is 248 g/mol. The van der Waals surface area contributed by atoms with Gasteiger partial charge in [0.1, 0.15) is 0 Å². The first kappa shape index (κ1) is 17.5. The van der Waals surface area contributed by atoms with Gasteiger partial charge in [-0.1, -0.05) is 71.1 Å². The van der Waals surface area contributed by atoms with Gasteiger partial charge < -0.3 is 5.11 Å². The third kappa shape index (κ3) is 7.91. The Hall–Kier alpha value is -0.530. The molecule has 0 heterocycles. The van der Waals surface area contributed by atoms with E-state index in [1.165, 1.54) is 64.2 Å². The molecule has 1 aliphatic carbocycles. The molecule has 0 aromatic carbocycles. The molecule has 0 radical (unpaired) electrons. The Morgan fingerprint density at radius 3 is 1.85 bits per heavy atom. The Morgan fingerprint density at radius 1 is 0.850 bits per heavy atom. The molecule has 0 unspecified atom stereocenters. The van der Waals surface area contributed by atoms with Crippen molar-refractivity contribution in [1.82, 2.24) is 0 Å². The number of rotatable bonds is 11. The Balaban J connectivity index is 1.86. The lowest BCUT2D eigenvalue weighted by Gasteiger charge is -2.25. The molecule has 0 atom stereocenters. The standard InChI is InChI=1S/C18H34O2/c1-2-3-4-5-6-7-8-9-10-11-16-12-14-17(15-13-16)18(19)20/h16-17H,2-15H2,1H3,(H,19,20). The fraction of sp³-hybridized carbons (Fsp3) is 0.944. The maximum absolute atomic E-state index is 10.9. The summed E-state index contributed by atoms with van der Waals surface area (Å²) in [7, 11) is 0. The maximum Gasteiger partial charge on any atom is 0.306 e. The Bertz CT molecular complexity index is 242. The van der Waals surface area contributed by atoms with E-state index in [1.54, 1.807) is 0 Å². The van der Waals surface area contributed by atoms with Crippen molar-refractivity contribution in [2.45, 2.75) is 96.8 Å². The first-order valence-electron chi connectivity index (χ1n) is 8.96. The highest BCUT2D eigenvalue weighted by molar-refractivity contribution is 5.69. The quantitative estimate of drug-likeness (QED) is 0.486. The molecule has 1 rings (SSSR count). The summed E-state index contributed by atoms with van der Waals surface area (Å²) in [4.78, 5) is 10.9. The highest BCUT2D eigenvalue weighted by atomic mass is 16.4. The highest BCUT2D eigenvalue weighted by Crippen LogP contribution is 2.32. The summed E-state index contributed by atoms with van der Waals surface area (Å²) in [6.07, 6.45) is 18.0. The Morgan fingerprint density at radius 2 is 1.35 bits per heavy atom. The van der Waals surface area contributed by atoms with Crippen molar-refractivity contribution in [3.8, 4) is 0 Å². The van der Waals surface area contributed by atoms with Gasteiger partial charge in [-0.3, -0.25) is 4.79 Å². The van der Waals surface area contributed by atoms with E-state index in [0.717, 1.165) is 31.6 Å². The molecule has 1 fully saturated rings. The van der Waals surface area contributed by atoms with Gasteiger partial charge in [-0.05, 0) is 31.6 Å². The molecular formula is C18H34O2. The summed E-state index contributed by atoms with van der Waals surface area (Å²) in [5, 5.41) is 8.98. The molecule has 0 aliphatic heterocycles. The highest BCUT2D eigenvalue weighted by Gasteiger charge is 2.25. The fourth-order valence-corrected chi connectivity index (χ4v) is 3.44. The van der Waals surface area contributed by atoms with Gasteiger partial charge in [0, 0.05) is 0 Å². The van der Waals surface area contributed by atoms with Crippen LogP contribution >= 0.6 is 0 Å². The van der Waals surface area contributed by atoms with Crippen molar-refractivity contribution in [2.24, 2.45) is 11.8 Å². The molecule has 0 spiro atoms. The van der Waals surface area contributed by atoms with E-state index in [9.17, 15) is 4.79 Å². The lowest BCUT2D eigenvalue weighted by Crippen LogP contribution is -2.21. The van der Waals surface area contributed by atoms with Crippen LogP contribution in [-0.2, 0) is 4.79 Å². The van der Waals surface area contributed by atoms with Crippen molar-refractivity contribution < 1.29 is 9.90 Å². The van der Waals surface area contributed by atoms with E-state index in [2.05, 4.69) is 6.92 Å². The second-order valence-electron chi connectivity index (χ2n) is 6.67. The van der Waals surface area contributed by atoms with Crippen LogP contribution in [0.4, 0.5) is 0 Å². The number of aliphatic carboxylic acids is 1. The first-order chi connectivity index (χ1) is 9.74. The zero-order valence-electron chi connectivity index (χ0n) is 13.4. The largest absolute Gasteiger partial charge is 0.481 e. The zero-order valence-corrected chi connectivity index (χ0v) is 13.4. The molecule has 2 nitrogen and oxygen atoms in total. The number of hydrogen-bond acceptors (Lipinski definition) is 1. The third-order valence-electron chi connectivity index (χ3n) is 4.91. The Kier molecular flexibility index (Phi) is 9.78. The van der Waals surface area contributed by atoms with Crippen LogP contribution in [0.15, 0.2) is 0 Å². The third-order valence-corrected chi connectivity index (χ3v) is 4.91. The van der Waals surface area contributed by atoms with E-state index in [0.29, 0.717) is 0 Å². The predicted molar refractivity (Wildman–Crippen MR) is 84.9 cm³/mol. The maximum atomic E-state index is 10.9. The fourth-order valence-electron chi connectivity index (χ4n) is 3.44. The van der Waals surface area contributed by atoms with Crippen LogP contribution in [-0.4, -0.2) is 11.1 Å². The van der Waals surface area contributed by atoms with Crippen molar-refractivity contribution >= 4 is 5.97 Å². The van der Waals surface area contributed by atoms with Crippen molar-refractivity contribution in [3.63, 3.8) is 0 Å². The second-order valence-corrected chi connectivity index (χ2v) is 6.67. The lowest BCUT2D eigenvalue weighted by molar-refractivity contribution is -0.143. The molecule has 0 saturated heterocycles. The predicted octanol–water partition coefficient (Wildman–Crippen LogP) is 5.80. The van der Waals surface area contributed by atoms with Crippen LogP contribution in [0.1, 0.15) is 96.8 Å². The van der Waals surface area contributed by atoms with Gasteiger partial charge in [-0.25, -0.2) is 0 Å². The monoisotopic (exact) mass is 282 g/mol. The van der Waals surface area contributed by atoms with Gasteiger partial charge >= 0.3 is 5.97 Å². The average Bonchev–Trinajstić information content (AvgIpc) is 2.46. The smallest absolute Gasteiger partial charge is 0.306 e. The van der Waals surface area contributed by atoms with Crippen LogP contribution in [0.25, 0.3) is 0 Å². The molecule has 1 aliphatic rings. The second kappa shape index (κ2) is 11.2. The van der Waals surface area contributed by atoms with Crippen molar-refractivity contribution in [2.75, 3.05) is 0 Å². The minimum atomic E-state index is -0.577. The minimum Gasteiger partial charge on any atom is -0.481 e. The van der Waals surface area contributed by atoms with E-state index in [-0.39, 0.29) is 5.92 Å². The normalized spacial score (nSPS) is 22.9. The summed E-state index contributed by atoms with van der Waals surface area (Å²) in [6, 6.07) is 0. The molecule has 1 saturated carbocycles. The van der Waals surface area contributed by atoms with E-state index in [4.69, 9.17) is 5.11 Å². The minimum absolute atomic E-state index is 0.0469. The Labute approximate surface area is 125 Å². The molecule has 0 bridgehead atoms. The van der Waals surface area contributed by atoms with Gasteiger partial charge in [0.2, 0.25) is 0 Å².